The summed E-state index contributed by atoms with van der Waals surface area (Å²) in [4.78, 5) is 0. The molecule has 1 atom stereocenters. The normalized spacial score (nSPS) is 12.5. The zero-order valence-electron chi connectivity index (χ0n) is 9.62. The Morgan fingerprint density at radius 1 is 1.40 bits per heavy atom. The third kappa shape index (κ3) is 4.32. The summed E-state index contributed by atoms with van der Waals surface area (Å²) in [7, 11) is 3.60. The van der Waals surface area contributed by atoms with Crippen LogP contribution in [0.25, 0.3) is 0 Å². The predicted octanol–water partition coefficient (Wildman–Crippen LogP) is 1.61. The van der Waals surface area contributed by atoms with Gasteiger partial charge in [0.15, 0.2) is 0 Å². The summed E-state index contributed by atoms with van der Waals surface area (Å²) in [5, 5.41) is 3.06. The van der Waals surface area contributed by atoms with Gasteiger partial charge < -0.3 is 14.8 Å². The van der Waals surface area contributed by atoms with Gasteiger partial charge in [-0.2, -0.15) is 0 Å². The lowest BCUT2D eigenvalue weighted by atomic mass is 10.2. The minimum atomic E-state index is 0.0931. The summed E-state index contributed by atoms with van der Waals surface area (Å²) in [5.41, 5.74) is 1.20. The molecule has 1 aromatic rings. The van der Waals surface area contributed by atoms with Gasteiger partial charge in [-0.15, -0.1) is 0 Å². The fourth-order valence-corrected chi connectivity index (χ4v) is 1.33. The monoisotopic (exact) mass is 209 g/mol. The molecule has 84 valence electrons. The quantitative estimate of drug-likeness (QED) is 0.772. The molecule has 3 heteroatoms. The second-order valence-corrected chi connectivity index (χ2v) is 3.54. The minimum absolute atomic E-state index is 0.0931. The van der Waals surface area contributed by atoms with Crippen LogP contribution in [0.2, 0.25) is 0 Å². The molecule has 1 rings (SSSR count). The van der Waals surface area contributed by atoms with Crippen LogP contribution in [-0.4, -0.2) is 33.4 Å². The predicted molar refractivity (Wildman–Crippen MR) is 61.4 cm³/mol. The highest BCUT2D eigenvalue weighted by Crippen LogP contribution is 2.12. The SMILES string of the molecule is CNC[C@@H](COc1cccc(C)c1)OC. The number of hydrogen-bond donors (Lipinski definition) is 1. The van der Waals surface area contributed by atoms with Crippen LogP contribution in [0.1, 0.15) is 5.56 Å². The standard InChI is InChI=1S/C12H19NO2/c1-10-5-4-6-11(7-10)15-9-12(14-3)8-13-2/h4-7,12-13H,8-9H2,1-3H3/t12-/m0/s1. The number of ether oxygens (including phenoxy) is 2. The van der Waals surface area contributed by atoms with Crippen molar-refractivity contribution in [3.05, 3.63) is 29.8 Å². The Hall–Kier alpha value is -1.06. The van der Waals surface area contributed by atoms with Crippen molar-refractivity contribution >= 4 is 0 Å². The number of hydrogen-bond acceptors (Lipinski definition) is 3. The second-order valence-electron chi connectivity index (χ2n) is 3.54. The van der Waals surface area contributed by atoms with Crippen LogP contribution < -0.4 is 10.1 Å². The van der Waals surface area contributed by atoms with Crippen molar-refractivity contribution in [3.8, 4) is 5.75 Å². The average molecular weight is 209 g/mol. The molecule has 0 bridgehead atoms. The molecule has 0 spiro atoms. The number of aryl methyl sites for hydroxylation is 1. The fourth-order valence-electron chi connectivity index (χ4n) is 1.33. The van der Waals surface area contributed by atoms with Crippen molar-refractivity contribution in [2.75, 3.05) is 27.3 Å². The highest BCUT2D eigenvalue weighted by molar-refractivity contribution is 5.27. The maximum atomic E-state index is 5.63. The molecule has 1 aromatic carbocycles. The van der Waals surface area contributed by atoms with E-state index in [0.717, 1.165) is 12.3 Å². The number of nitrogens with one attached hydrogen (secondary N) is 1. The van der Waals surface area contributed by atoms with Crippen molar-refractivity contribution in [2.24, 2.45) is 0 Å². The van der Waals surface area contributed by atoms with E-state index in [-0.39, 0.29) is 6.10 Å². The highest BCUT2D eigenvalue weighted by atomic mass is 16.5. The first-order valence-corrected chi connectivity index (χ1v) is 5.13. The van der Waals surface area contributed by atoms with E-state index in [0.29, 0.717) is 6.61 Å². The average Bonchev–Trinajstić information content (AvgIpc) is 2.24. The van der Waals surface area contributed by atoms with E-state index < -0.39 is 0 Å². The molecular weight excluding hydrogens is 190 g/mol. The van der Waals surface area contributed by atoms with Gasteiger partial charge in [-0.25, -0.2) is 0 Å². The van der Waals surface area contributed by atoms with E-state index in [1.807, 2.05) is 38.2 Å². The molecule has 0 fully saturated rings. The smallest absolute Gasteiger partial charge is 0.119 e. The van der Waals surface area contributed by atoms with Gasteiger partial charge in [-0.3, -0.25) is 0 Å². The van der Waals surface area contributed by atoms with Gasteiger partial charge in [-0.05, 0) is 31.7 Å². The fraction of sp³-hybridized carbons (Fsp3) is 0.500. The summed E-state index contributed by atoms with van der Waals surface area (Å²) < 4.78 is 10.9. The topological polar surface area (TPSA) is 30.5 Å². The van der Waals surface area contributed by atoms with Crippen molar-refractivity contribution < 1.29 is 9.47 Å². The van der Waals surface area contributed by atoms with Crippen LogP contribution in [0.5, 0.6) is 5.75 Å². The van der Waals surface area contributed by atoms with Crippen LogP contribution in [0.3, 0.4) is 0 Å². The lowest BCUT2D eigenvalue weighted by Crippen LogP contribution is -2.31. The van der Waals surface area contributed by atoms with Gasteiger partial charge in [-0.1, -0.05) is 12.1 Å². The third-order valence-corrected chi connectivity index (χ3v) is 2.19. The van der Waals surface area contributed by atoms with E-state index in [1.54, 1.807) is 7.11 Å². The van der Waals surface area contributed by atoms with E-state index in [1.165, 1.54) is 5.56 Å². The van der Waals surface area contributed by atoms with Gasteiger partial charge >= 0.3 is 0 Å². The lowest BCUT2D eigenvalue weighted by Gasteiger charge is -2.15. The molecule has 0 radical (unpaired) electrons. The Labute approximate surface area is 91.4 Å². The summed E-state index contributed by atoms with van der Waals surface area (Å²) in [6.07, 6.45) is 0.0931. The Kier molecular flexibility index (Phi) is 5.15. The van der Waals surface area contributed by atoms with E-state index in [2.05, 4.69) is 5.32 Å². The van der Waals surface area contributed by atoms with E-state index in [4.69, 9.17) is 9.47 Å². The molecule has 0 aromatic heterocycles. The molecule has 0 saturated heterocycles. The summed E-state index contributed by atoms with van der Waals surface area (Å²) in [5.74, 6) is 0.896. The molecule has 0 saturated carbocycles. The Bertz CT molecular complexity index is 289. The van der Waals surface area contributed by atoms with Gasteiger partial charge in [0.05, 0.1) is 0 Å². The molecule has 3 nitrogen and oxygen atoms in total. The van der Waals surface area contributed by atoms with Crippen LogP contribution in [0.4, 0.5) is 0 Å². The van der Waals surface area contributed by atoms with E-state index in [9.17, 15) is 0 Å². The lowest BCUT2D eigenvalue weighted by molar-refractivity contribution is 0.0594. The maximum Gasteiger partial charge on any atom is 0.119 e. The molecule has 15 heavy (non-hydrogen) atoms. The molecule has 0 aliphatic heterocycles. The first-order chi connectivity index (χ1) is 7.26. The zero-order chi connectivity index (χ0) is 11.1. The first kappa shape index (κ1) is 12.0. The minimum Gasteiger partial charge on any atom is -0.491 e. The number of rotatable bonds is 6. The molecule has 0 aliphatic rings. The van der Waals surface area contributed by atoms with Crippen molar-refractivity contribution in [3.63, 3.8) is 0 Å². The molecule has 0 amide bonds. The summed E-state index contributed by atoms with van der Waals surface area (Å²) >= 11 is 0. The number of methoxy groups -OCH3 is 1. The van der Waals surface area contributed by atoms with Crippen LogP contribution in [0.15, 0.2) is 24.3 Å². The van der Waals surface area contributed by atoms with Gasteiger partial charge in [0.2, 0.25) is 0 Å². The molecule has 0 unspecified atom stereocenters. The van der Waals surface area contributed by atoms with Crippen molar-refractivity contribution in [2.45, 2.75) is 13.0 Å². The molecule has 0 heterocycles. The Morgan fingerprint density at radius 2 is 2.20 bits per heavy atom. The molecular formula is C12H19NO2. The number of benzene rings is 1. The summed E-state index contributed by atoms with van der Waals surface area (Å²) in [6.45, 7) is 3.41. The molecule has 0 aliphatic carbocycles. The zero-order valence-corrected chi connectivity index (χ0v) is 9.62. The van der Waals surface area contributed by atoms with Crippen molar-refractivity contribution in [1.82, 2.24) is 5.32 Å². The maximum absolute atomic E-state index is 5.63. The Balaban J connectivity index is 2.41. The molecule has 1 N–H and O–H groups in total. The van der Waals surface area contributed by atoms with Crippen LogP contribution in [-0.2, 0) is 4.74 Å². The van der Waals surface area contributed by atoms with Gasteiger partial charge in [0, 0.05) is 13.7 Å². The third-order valence-electron chi connectivity index (χ3n) is 2.19. The number of likely N-dealkylation sites (N-methyl/N-ethyl adjacent to an activating group) is 1. The van der Waals surface area contributed by atoms with Gasteiger partial charge in [0.25, 0.3) is 0 Å². The van der Waals surface area contributed by atoms with Gasteiger partial charge in [0.1, 0.15) is 18.5 Å². The van der Waals surface area contributed by atoms with Crippen molar-refractivity contribution in [1.29, 1.82) is 0 Å². The van der Waals surface area contributed by atoms with Crippen LogP contribution >= 0.6 is 0 Å². The first-order valence-electron chi connectivity index (χ1n) is 5.13. The second kappa shape index (κ2) is 6.43. The highest BCUT2D eigenvalue weighted by Gasteiger charge is 2.06. The van der Waals surface area contributed by atoms with Crippen LogP contribution in [0, 0.1) is 6.92 Å². The largest absolute Gasteiger partial charge is 0.491 e. The Morgan fingerprint density at radius 3 is 2.80 bits per heavy atom. The summed E-state index contributed by atoms with van der Waals surface area (Å²) in [6, 6.07) is 8.02. The van der Waals surface area contributed by atoms with E-state index >= 15 is 0 Å².